The first kappa shape index (κ1) is 27.6. The second-order valence-corrected chi connectivity index (χ2v) is 10.4. The van der Waals surface area contributed by atoms with Crippen molar-refractivity contribution in [2.24, 2.45) is 11.8 Å². The number of hydrogen-bond donors (Lipinski definition) is 2. The van der Waals surface area contributed by atoms with Gasteiger partial charge in [0.15, 0.2) is 23.0 Å². The fraction of sp³-hybridized carbons (Fsp3) is 0.538. The van der Waals surface area contributed by atoms with E-state index in [1.807, 2.05) is 20.8 Å². The smallest absolute Gasteiger partial charge is 0.345 e. The molecule has 2 rings (SSSR count). The predicted octanol–water partition coefficient (Wildman–Crippen LogP) is 4.60. The van der Waals surface area contributed by atoms with Gasteiger partial charge in [0.1, 0.15) is 16.7 Å². The lowest BCUT2D eigenvalue weighted by Crippen LogP contribution is -2.71. The average molecular weight is 489 g/mol. The number of carbonyl (C=O) groups is 3. The van der Waals surface area contributed by atoms with Gasteiger partial charge in [-0.3, -0.25) is 14.4 Å². The summed E-state index contributed by atoms with van der Waals surface area (Å²) in [6.45, 7) is 10.7. The van der Waals surface area contributed by atoms with Crippen LogP contribution >= 0.6 is 11.6 Å². The fourth-order valence-electron chi connectivity index (χ4n) is 4.45. The summed E-state index contributed by atoms with van der Waals surface area (Å²) in [5.41, 5.74) is 9.31. The van der Waals surface area contributed by atoms with Crippen LogP contribution in [-0.4, -0.2) is 48.5 Å². The van der Waals surface area contributed by atoms with Crippen LogP contribution in [0, 0.1) is 11.8 Å². The van der Waals surface area contributed by atoms with E-state index in [-0.39, 0.29) is 18.4 Å². The van der Waals surface area contributed by atoms with Crippen molar-refractivity contribution in [2.45, 2.75) is 77.7 Å². The zero-order valence-electron chi connectivity index (χ0n) is 20.6. The Kier molecular flexibility index (Phi) is 8.41. The number of rotatable bonds is 7. The van der Waals surface area contributed by atoms with E-state index in [1.54, 1.807) is 26.0 Å². The molecule has 0 radical (unpaired) electrons. The highest BCUT2D eigenvalue weighted by molar-refractivity contribution is 6.44. The van der Waals surface area contributed by atoms with Gasteiger partial charge in [0.05, 0.1) is 0 Å². The Labute approximate surface area is 205 Å². The number of aliphatic hydroxyl groups excluding tert-OH is 1. The predicted molar refractivity (Wildman–Crippen MR) is 131 cm³/mol. The van der Waals surface area contributed by atoms with Gasteiger partial charge in [0.25, 0.3) is 0 Å². The van der Waals surface area contributed by atoms with E-state index in [0.29, 0.717) is 6.42 Å². The molecule has 2 aliphatic rings. The Bertz CT molecular complexity index is 1080. The third-order valence-corrected chi connectivity index (χ3v) is 7.29. The average Bonchev–Trinajstić information content (AvgIpc) is 2.77. The standard InChI is InChI=1S/C26H33ClN2O5/c1-14(2)8-7-9-16(5)11-13-26(34)24(33)18-19(21(30)17(6)22(31)20(18)29-28)23(32)25(26,27)12-10-15(3)4/h8,10-11,18-19,31,34H,7,9,12-13H2,1-6H3/b16-11+. The van der Waals surface area contributed by atoms with Crippen LogP contribution < -0.4 is 0 Å². The first-order chi connectivity index (χ1) is 15.7. The topological polar surface area (TPSA) is 128 Å². The van der Waals surface area contributed by atoms with E-state index in [0.717, 1.165) is 17.6 Å². The zero-order chi connectivity index (χ0) is 26.0. The molecule has 0 amide bonds. The summed E-state index contributed by atoms with van der Waals surface area (Å²) < 4.78 is 0. The first-order valence-corrected chi connectivity index (χ1v) is 11.7. The number of alkyl halides is 1. The Morgan fingerprint density at radius 2 is 1.59 bits per heavy atom. The van der Waals surface area contributed by atoms with E-state index < -0.39 is 51.1 Å². The maximum Gasteiger partial charge on any atom is 0.345 e. The number of nitrogens with zero attached hydrogens (tertiary/aromatic N) is 2. The molecule has 0 spiro atoms. The van der Waals surface area contributed by atoms with Crippen molar-refractivity contribution in [1.82, 2.24) is 0 Å². The summed E-state index contributed by atoms with van der Waals surface area (Å²) >= 11 is 6.82. The molecule has 0 aromatic rings. The van der Waals surface area contributed by atoms with Gasteiger partial charge in [-0.25, -0.2) is 0 Å². The zero-order valence-corrected chi connectivity index (χ0v) is 21.4. The van der Waals surface area contributed by atoms with Crippen molar-refractivity contribution in [3.8, 4) is 0 Å². The van der Waals surface area contributed by atoms with E-state index in [9.17, 15) is 30.1 Å². The molecule has 0 bridgehead atoms. The molecule has 2 aliphatic carbocycles. The maximum atomic E-state index is 13.7. The molecule has 0 heterocycles. The van der Waals surface area contributed by atoms with Gasteiger partial charge in [0.2, 0.25) is 5.76 Å². The molecular formula is C26H33ClN2O5. The molecule has 184 valence electrons. The van der Waals surface area contributed by atoms with E-state index in [1.165, 1.54) is 12.5 Å². The molecule has 4 unspecified atom stereocenters. The minimum atomic E-state index is -2.39. The molecule has 1 saturated carbocycles. The van der Waals surface area contributed by atoms with Crippen LogP contribution in [0.5, 0.6) is 0 Å². The van der Waals surface area contributed by atoms with Crippen LogP contribution in [0.25, 0.3) is 5.53 Å². The monoisotopic (exact) mass is 488 g/mol. The number of carbonyl (C=O) groups excluding carboxylic acids is 3. The molecule has 0 saturated heterocycles. The Hall–Kier alpha value is -2.60. The summed E-state index contributed by atoms with van der Waals surface area (Å²) in [5, 5.41) is 22.1. The Balaban J connectivity index is 2.64. The molecule has 34 heavy (non-hydrogen) atoms. The van der Waals surface area contributed by atoms with Crippen LogP contribution in [0.2, 0.25) is 0 Å². The highest BCUT2D eigenvalue weighted by Crippen LogP contribution is 2.50. The van der Waals surface area contributed by atoms with Gasteiger partial charge in [-0.15, -0.1) is 11.6 Å². The van der Waals surface area contributed by atoms with Crippen molar-refractivity contribution in [2.75, 3.05) is 0 Å². The molecule has 2 N–H and O–H groups in total. The number of Topliss-reactive ketones (excluding diaryl/α,β-unsaturated/α-hetero) is 3. The summed E-state index contributed by atoms with van der Waals surface area (Å²) in [5.74, 6) is -6.41. The van der Waals surface area contributed by atoms with Crippen LogP contribution in [0.1, 0.15) is 67.2 Å². The van der Waals surface area contributed by atoms with Gasteiger partial charge >= 0.3 is 5.71 Å². The summed E-state index contributed by atoms with van der Waals surface area (Å²) in [6, 6.07) is 0. The van der Waals surface area contributed by atoms with Crippen molar-refractivity contribution in [3.05, 3.63) is 51.8 Å². The van der Waals surface area contributed by atoms with Gasteiger partial charge in [0, 0.05) is 12.0 Å². The number of aliphatic hydroxyl groups is 2. The molecule has 1 fully saturated rings. The van der Waals surface area contributed by atoms with Gasteiger partial charge in [-0.05, 0) is 60.8 Å². The molecule has 0 aromatic carbocycles. The van der Waals surface area contributed by atoms with Gasteiger partial charge in [-0.1, -0.05) is 34.9 Å². The number of hydrogen-bond acceptors (Lipinski definition) is 5. The summed E-state index contributed by atoms with van der Waals surface area (Å²) in [4.78, 5) is 41.3. The second kappa shape index (κ2) is 10.3. The van der Waals surface area contributed by atoms with Crippen LogP contribution in [-0.2, 0) is 14.4 Å². The number of ketones is 3. The molecular weight excluding hydrogens is 456 g/mol. The third kappa shape index (κ3) is 4.78. The lowest BCUT2D eigenvalue weighted by atomic mass is 9.57. The Morgan fingerprint density at radius 1 is 1.00 bits per heavy atom. The van der Waals surface area contributed by atoms with Crippen molar-refractivity contribution in [3.63, 3.8) is 0 Å². The maximum absolute atomic E-state index is 13.7. The van der Waals surface area contributed by atoms with Crippen LogP contribution in [0.15, 0.2) is 46.3 Å². The molecule has 7 nitrogen and oxygen atoms in total. The third-order valence-electron chi connectivity index (χ3n) is 6.63. The lowest BCUT2D eigenvalue weighted by molar-refractivity contribution is -0.164. The molecule has 0 aromatic heterocycles. The quantitative estimate of drug-likeness (QED) is 0.178. The highest BCUT2D eigenvalue weighted by atomic mass is 35.5. The number of allylic oxidation sites excluding steroid dienone is 7. The SMILES string of the molecule is CC(C)=CCC/C(C)=C/CC1(O)C(=O)C2C(=[N+]=[N-])C(O)=C(C)C(=O)C2C(=O)C1(Cl)CC=C(C)C. The van der Waals surface area contributed by atoms with Gasteiger partial charge in [-0.2, -0.15) is 4.79 Å². The number of halogens is 1. The Morgan fingerprint density at radius 3 is 2.12 bits per heavy atom. The second-order valence-electron chi connectivity index (χ2n) is 9.73. The van der Waals surface area contributed by atoms with Crippen LogP contribution in [0.3, 0.4) is 0 Å². The molecule has 4 atom stereocenters. The largest absolute Gasteiger partial charge is 0.501 e. The van der Waals surface area contributed by atoms with E-state index in [4.69, 9.17) is 11.6 Å². The van der Waals surface area contributed by atoms with Crippen molar-refractivity contribution >= 4 is 34.7 Å². The normalized spacial score (nSPS) is 29.6. The fourth-order valence-corrected chi connectivity index (χ4v) is 4.81. The first-order valence-electron chi connectivity index (χ1n) is 11.3. The van der Waals surface area contributed by atoms with Crippen molar-refractivity contribution < 1.29 is 29.4 Å². The molecule has 0 aliphatic heterocycles. The minimum Gasteiger partial charge on any atom is -0.501 e. The molecule has 8 heteroatoms. The minimum absolute atomic E-state index is 0.167. The van der Waals surface area contributed by atoms with Crippen molar-refractivity contribution in [1.29, 1.82) is 0 Å². The highest BCUT2D eigenvalue weighted by Gasteiger charge is 2.71. The van der Waals surface area contributed by atoms with E-state index >= 15 is 0 Å². The van der Waals surface area contributed by atoms with E-state index in [2.05, 4.69) is 10.9 Å². The van der Waals surface area contributed by atoms with Gasteiger partial charge < -0.3 is 15.7 Å². The van der Waals surface area contributed by atoms with Crippen LogP contribution in [0.4, 0.5) is 0 Å². The lowest BCUT2D eigenvalue weighted by Gasteiger charge is -2.48. The number of fused-ring (bicyclic) bond motifs is 1. The summed E-state index contributed by atoms with van der Waals surface area (Å²) in [6.07, 6.45) is 6.41. The summed E-state index contributed by atoms with van der Waals surface area (Å²) in [7, 11) is 0.